The Kier molecular flexibility index (Phi) is 31.5. The molecule has 4 N–H and O–H groups in total. The van der Waals surface area contributed by atoms with Crippen LogP contribution in [-0.2, 0) is 22.7 Å². The first-order valence-electron chi connectivity index (χ1n) is 20.7. The minimum atomic E-state index is 0.0357. The van der Waals surface area contributed by atoms with Gasteiger partial charge in [-0.2, -0.15) is 0 Å². The van der Waals surface area contributed by atoms with Gasteiger partial charge in [-0.1, -0.05) is 137 Å². The number of hydrogen-bond donors (Lipinski definition) is 4. The third-order valence-electron chi connectivity index (χ3n) is 8.65. The Morgan fingerprint density at radius 3 is 1.33 bits per heavy atom. The molecule has 0 atom stereocenters. The summed E-state index contributed by atoms with van der Waals surface area (Å²) in [6, 6.07) is 7.95. The van der Waals surface area contributed by atoms with Crippen molar-refractivity contribution >= 4 is 11.8 Å². The van der Waals surface area contributed by atoms with Crippen LogP contribution in [0.3, 0.4) is 0 Å². The van der Waals surface area contributed by atoms with E-state index in [9.17, 15) is 19.8 Å². The van der Waals surface area contributed by atoms with Crippen molar-refractivity contribution in [1.29, 1.82) is 0 Å². The predicted molar refractivity (Wildman–Crippen MR) is 230 cm³/mol. The number of amides is 2. The van der Waals surface area contributed by atoms with Gasteiger partial charge in [0.1, 0.15) is 0 Å². The van der Waals surface area contributed by atoms with Gasteiger partial charge in [0.05, 0.1) is 11.5 Å². The van der Waals surface area contributed by atoms with Gasteiger partial charge in [0.2, 0.25) is 11.8 Å². The van der Waals surface area contributed by atoms with Crippen LogP contribution in [-0.4, -0.2) is 22.0 Å². The quantitative estimate of drug-likeness (QED) is 0.0336. The van der Waals surface area contributed by atoms with Crippen molar-refractivity contribution in [2.75, 3.05) is 0 Å². The average Bonchev–Trinajstić information content (AvgIpc) is 3.17. The van der Waals surface area contributed by atoms with E-state index in [1.54, 1.807) is 0 Å². The van der Waals surface area contributed by atoms with Crippen LogP contribution in [0.2, 0.25) is 0 Å². The normalized spacial score (nSPS) is 12.9. The summed E-state index contributed by atoms with van der Waals surface area (Å²) in [6.45, 7) is 5.35. The number of unbranched alkanes of at least 4 members (excludes halogenated alkanes) is 8. The summed E-state index contributed by atoms with van der Waals surface area (Å²) < 4.78 is 0. The number of rotatable bonds is 32. The molecule has 54 heavy (non-hydrogen) atoms. The first-order chi connectivity index (χ1) is 26.4. The highest BCUT2D eigenvalue weighted by Gasteiger charge is 2.04. The summed E-state index contributed by atoms with van der Waals surface area (Å²) in [6.07, 6.45) is 47.1. The molecule has 0 spiro atoms. The second-order valence-electron chi connectivity index (χ2n) is 13.7. The number of aliphatic hydroxyl groups excluding tert-OH is 2. The van der Waals surface area contributed by atoms with E-state index in [2.05, 4.69) is 85.2 Å². The van der Waals surface area contributed by atoms with Crippen molar-refractivity contribution in [3.05, 3.63) is 132 Å². The van der Waals surface area contributed by atoms with Crippen molar-refractivity contribution in [2.24, 2.45) is 0 Å². The van der Waals surface area contributed by atoms with Gasteiger partial charge in [0.15, 0.2) is 0 Å². The number of carbonyl (C=O) groups excluding carboxylic acids is 2. The highest BCUT2D eigenvalue weighted by Crippen LogP contribution is 2.09. The number of hydrogen-bond acceptors (Lipinski definition) is 4. The third kappa shape index (κ3) is 31.2. The molecule has 0 aliphatic rings. The summed E-state index contributed by atoms with van der Waals surface area (Å²) in [4.78, 5) is 24.7. The Balaban J connectivity index is 2.13. The lowest BCUT2D eigenvalue weighted by atomic mass is 10.1. The molecule has 0 heterocycles. The van der Waals surface area contributed by atoms with E-state index < -0.39 is 0 Å². The SMILES string of the molecule is CCCCC/C=C\C/C=C(/O)C/C=C\C/C=C\CCCC(=O)NCc1cccc(CNC(=O)CCC/C=C\C/C=C\C/C(O)=C\C/C=C\CCCCC)c1. The standard InChI is InChI=1S/C48H72N2O4/c1-3-5-7-9-13-19-25-34-45(51)36-27-21-15-11-17-23-29-38-47(53)49-41-43-32-31-33-44(40-43)42-50-48(54)39-30-24-18-12-16-22-28-37-46(52)35-26-20-14-10-8-6-4-2/h11-14,17-22,27-28,31-35,40,51-52H,3-10,15-16,23-26,29-30,36-39,41-42H2,1-2H3,(H,49,53)(H,50,54)/b17-11-,18-12-,19-13-,20-14-,27-21-,28-22-,45-34+,46-35+. The number of aliphatic hydroxyl groups is 2. The molecule has 0 fully saturated rings. The van der Waals surface area contributed by atoms with Gasteiger partial charge >= 0.3 is 0 Å². The Labute approximate surface area is 328 Å². The maximum Gasteiger partial charge on any atom is 0.220 e. The lowest BCUT2D eigenvalue weighted by Crippen LogP contribution is -2.23. The Morgan fingerprint density at radius 2 is 0.907 bits per heavy atom. The fraction of sp³-hybridized carbons (Fsp3) is 0.500. The van der Waals surface area contributed by atoms with Crippen LogP contribution in [0.15, 0.2) is 121 Å². The van der Waals surface area contributed by atoms with E-state index in [0.29, 0.717) is 50.3 Å². The first kappa shape index (κ1) is 47.7. The van der Waals surface area contributed by atoms with Crippen LogP contribution in [0.1, 0.15) is 153 Å². The summed E-state index contributed by atoms with van der Waals surface area (Å²) in [5.41, 5.74) is 2.02. The van der Waals surface area contributed by atoms with Gasteiger partial charge in [-0.3, -0.25) is 9.59 Å². The molecule has 0 radical (unpaired) electrons. The second-order valence-corrected chi connectivity index (χ2v) is 13.7. The fourth-order valence-corrected chi connectivity index (χ4v) is 5.40. The lowest BCUT2D eigenvalue weighted by molar-refractivity contribution is -0.122. The molecule has 6 heteroatoms. The molecule has 0 bridgehead atoms. The van der Waals surface area contributed by atoms with Gasteiger partial charge in [-0.05, 0) is 100 Å². The smallest absolute Gasteiger partial charge is 0.220 e. The van der Waals surface area contributed by atoms with Crippen LogP contribution in [0.4, 0.5) is 0 Å². The molecule has 1 aromatic rings. The van der Waals surface area contributed by atoms with Gasteiger partial charge in [0, 0.05) is 38.8 Å². The molecule has 6 nitrogen and oxygen atoms in total. The first-order valence-corrected chi connectivity index (χ1v) is 20.7. The number of benzene rings is 1. The molecule has 0 aromatic heterocycles. The van der Waals surface area contributed by atoms with Crippen molar-refractivity contribution in [1.82, 2.24) is 10.6 Å². The van der Waals surface area contributed by atoms with E-state index in [1.807, 2.05) is 48.6 Å². The summed E-state index contributed by atoms with van der Waals surface area (Å²) in [5, 5.41) is 26.0. The maximum atomic E-state index is 12.4. The zero-order valence-corrected chi connectivity index (χ0v) is 33.7. The zero-order chi connectivity index (χ0) is 39.2. The van der Waals surface area contributed by atoms with E-state index in [1.165, 1.54) is 38.5 Å². The lowest BCUT2D eigenvalue weighted by Gasteiger charge is -2.08. The largest absolute Gasteiger partial charge is 0.512 e. The summed E-state index contributed by atoms with van der Waals surface area (Å²) >= 11 is 0. The predicted octanol–water partition coefficient (Wildman–Crippen LogP) is 13.0. The van der Waals surface area contributed by atoms with Crippen LogP contribution < -0.4 is 10.6 Å². The van der Waals surface area contributed by atoms with Gasteiger partial charge in [-0.15, -0.1) is 0 Å². The van der Waals surface area contributed by atoms with Gasteiger partial charge < -0.3 is 20.8 Å². The molecule has 0 aliphatic carbocycles. The second kappa shape index (κ2) is 35.7. The van der Waals surface area contributed by atoms with Crippen LogP contribution in [0, 0.1) is 0 Å². The van der Waals surface area contributed by atoms with Crippen LogP contribution in [0.25, 0.3) is 0 Å². The average molecular weight is 741 g/mol. The number of allylic oxidation sites excluding steroid dienone is 14. The Morgan fingerprint density at radius 1 is 0.519 bits per heavy atom. The molecule has 0 saturated heterocycles. The zero-order valence-electron chi connectivity index (χ0n) is 33.7. The minimum Gasteiger partial charge on any atom is -0.512 e. The van der Waals surface area contributed by atoms with Crippen molar-refractivity contribution in [3.8, 4) is 0 Å². The van der Waals surface area contributed by atoms with E-state index in [4.69, 9.17) is 0 Å². The van der Waals surface area contributed by atoms with Gasteiger partial charge in [-0.25, -0.2) is 0 Å². The summed E-state index contributed by atoms with van der Waals surface area (Å²) in [7, 11) is 0. The molecule has 0 unspecified atom stereocenters. The van der Waals surface area contributed by atoms with Crippen molar-refractivity contribution < 1.29 is 19.8 Å². The summed E-state index contributed by atoms with van der Waals surface area (Å²) in [5.74, 6) is 0.883. The molecule has 1 rings (SSSR count). The van der Waals surface area contributed by atoms with Gasteiger partial charge in [0.25, 0.3) is 0 Å². The van der Waals surface area contributed by atoms with E-state index >= 15 is 0 Å². The third-order valence-corrected chi connectivity index (χ3v) is 8.65. The van der Waals surface area contributed by atoms with Crippen molar-refractivity contribution in [2.45, 2.75) is 155 Å². The molecule has 1 aromatic carbocycles. The van der Waals surface area contributed by atoms with E-state index in [0.717, 1.165) is 75.3 Å². The molecular weight excluding hydrogens is 669 g/mol. The topological polar surface area (TPSA) is 98.7 Å². The van der Waals surface area contributed by atoms with Crippen molar-refractivity contribution in [3.63, 3.8) is 0 Å². The minimum absolute atomic E-state index is 0.0357. The molecular formula is C48H72N2O4. The molecule has 298 valence electrons. The fourth-order valence-electron chi connectivity index (χ4n) is 5.40. The highest BCUT2D eigenvalue weighted by molar-refractivity contribution is 5.76. The number of nitrogens with one attached hydrogen (secondary N) is 2. The van der Waals surface area contributed by atoms with E-state index in [-0.39, 0.29) is 11.8 Å². The molecule has 0 saturated carbocycles. The maximum absolute atomic E-state index is 12.4. The molecule has 2 amide bonds. The van der Waals surface area contributed by atoms with Crippen LogP contribution >= 0.6 is 0 Å². The Bertz CT molecular complexity index is 1260. The molecule has 0 aliphatic heterocycles. The number of carbonyl (C=O) groups is 2. The monoisotopic (exact) mass is 741 g/mol. The Hall–Kier alpha value is -4.32. The highest BCUT2D eigenvalue weighted by atomic mass is 16.3. The van der Waals surface area contributed by atoms with Crippen LogP contribution in [0.5, 0.6) is 0 Å².